The quantitative estimate of drug-likeness (QED) is 0.820. The molecule has 2 aromatic rings. The molecule has 0 saturated carbocycles. The third-order valence-electron chi connectivity index (χ3n) is 5.46. The number of hydrogen-bond donors (Lipinski definition) is 1. The Morgan fingerprint density at radius 3 is 2.82 bits per heavy atom. The fourth-order valence-corrected chi connectivity index (χ4v) is 4.26. The molecule has 0 radical (unpaired) electrons. The lowest BCUT2D eigenvalue weighted by molar-refractivity contribution is -0.131. The predicted molar refractivity (Wildman–Crippen MR) is 109 cm³/mol. The summed E-state index contributed by atoms with van der Waals surface area (Å²) >= 11 is 6.27. The molecule has 28 heavy (non-hydrogen) atoms. The van der Waals surface area contributed by atoms with Gasteiger partial charge in [0.25, 0.3) is 0 Å². The van der Waals surface area contributed by atoms with Gasteiger partial charge in [-0.05, 0) is 49.1 Å². The Hall–Kier alpha value is -2.24. The second kappa shape index (κ2) is 8.41. The van der Waals surface area contributed by atoms with Gasteiger partial charge >= 0.3 is 0 Å². The fraction of sp³-hybridized carbons (Fsp3) is 0.409. The van der Waals surface area contributed by atoms with Crippen LogP contribution in [0.2, 0.25) is 5.02 Å². The topological polar surface area (TPSA) is 50.8 Å². The van der Waals surface area contributed by atoms with E-state index in [4.69, 9.17) is 21.1 Å². The largest absolute Gasteiger partial charge is 0.486 e. The van der Waals surface area contributed by atoms with Crippen LogP contribution in [0.15, 0.2) is 42.5 Å². The average molecular weight is 401 g/mol. The Kier molecular flexibility index (Phi) is 5.74. The van der Waals surface area contributed by atoms with Crippen molar-refractivity contribution in [3.05, 3.63) is 58.6 Å². The van der Waals surface area contributed by atoms with Gasteiger partial charge in [-0.25, -0.2) is 0 Å². The zero-order valence-corrected chi connectivity index (χ0v) is 16.7. The summed E-state index contributed by atoms with van der Waals surface area (Å²) in [6, 6.07) is 13.8. The summed E-state index contributed by atoms with van der Waals surface area (Å²) in [7, 11) is 0. The highest BCUT2D eigenvalue weighted by Crippen LogP contribution is 2.38. The van der Waals surface area contributed by atoms with Crippen LogP contribution >= 0.6 is 11.6 Å². The van der Waals surface area contributed by atoms with Crippen molar-refractivity contribution in [2.45, 2.75) is 31.8 Å². The van der Waals surface area contributed by atoms with E-state index in [1.54, 1.807) is 0 Å². The molecule has 2 unspecified atom stereocenters. The number of ether oxygens (including phenoxy) is 2. The number of nitrogens with one attached hydrogen (secondary N) is 1. The molecule has 0 bridgehead atoms. The highest BCUT2D eigenvalue weighted by atomic mass is 35.5. The average Bonchev–Trinajstić information content (AvgIpc) is 3.22. The summed E-state index contributed by atoms with van der Waals surface area (Å²) < 4.78 is 11.3. The SMILES string of the molecule is CC(NCC(=O)N1CCCC1c1ccc2c(c1)OCCO2)c1ccccc1Cl. The first kappa shape index (κ1) is 19.1. The van der Waals surface area contributed by atoms with Gasteiger partial charge in [0.1, 0.15) is 13.2 Å². The molecule has 4 rings (SSSR count). The molecule has 2 atom stereocenters. The van der Waals surface area contributed by atoms with E-state index in [0.29, 0.717) is 18.2 Å². The van der Waals surface area contributed by atoms with Crippen molar-refractivity contribution in [3.63, 3.8) is 0 Å². The van der Waals surface area contributed by atoms with Gasteiger partial charge < -0.3 is 19.7 Å². The minimum Gasteiger partial charge on any atom is -0.486 e. The number of amides is 1. The van der Waals surface area contributed by atoms with Crippen LogP contribution in [0.5, 0.6) is 11.5 Å². The van der Waals surface area contributed by atoms with E-state index < -0.39 is 0 Å². The maximum atomic E-state index is 12.9. The first-order chi connectivity index (χ1) is 13.6. The molecule has 1 saturated heterocycles. The minimum absolute atomic E-state index is 0.00740. The molecule has 2 aliphatic rings. The van der Waals surface area contributed by atoms with E-state index in [9.17, 15) is 4.79 Å². The van der Waals surface area contributed by atoms with Crippen LogP contribution in [-0.4, -0.2) is 37.1 Å². The van der Waals surface area contributed by atoms with Crippen molar-refractivity contribution in [3.8, 4) is 11.5 Å². The molecular formula is C22H25ClN2O3. The summed E-state index contributed by atoms with van der Waals surface area (Å²) in [5.41, 5.74) is 2.11. The number of rotatable bonds is 5. The number of carbonyl (C=O) groups excluding carboxylic acids is 1. The molecule has 0 spiro atoms. The number of fused-ring (bicyclic) bond motifs is 1. The first-order valence-corrected chi connectivity index (χ1v) is 10.2. The molecule has 1 amide bonds. The van der Waals surface area contributed by atoms with E-state index >= 15 is 0 Å². The van der Waals surface area contributed by atoms with Crippen LogP contribution in [0, 0.1) is 0 Å². The van der Waals surface area contributed by atoms with Crippen molar-refractivity contribution >= 4 is 17.5 Å². The van der Waals surface area contributed by atoms with Gasteiger partial charge in [-0.1, -0.05) is 35.9 Å². The summed E-state index contributed by atoms with van der Waals surface area (Å²) in [5, 5.41) is 4.03. The van der Waals surface area contributed by atoms with Crippen molar-refractivity contribution in [2.75, 3.05) is 26.3 Å². The van der Waals surface area contributed by atoms with Crippen LogP contribution < -0.4 is 14.8 Å². The maximum Gasteiger partial charge on any atom is 0.237 e. The number of nitrogens with zero attached hydrogens (tertiary/aromatic N) is 1. The van der Waals surface area contributed by atoms with E-state index in [-0.39, 0.29) is 24.5 Å². The van der Waals surface area contributed by atoms with Gasteiger partial charge in [-0.3, -0.25) is 4.79 Å². The molecule has 6 heteroatoms. The second-order valence-electron chi connectivity index (χ2n) is 7.27. The predicted octanol–water partition coefficient (Wildman–Crippen LogP) is 4.13. The van der Waals surface area contributed by atoms with Crippen LogP contribution in [0.3, 0.4) is 0 Å². The number of hydrogen-bond acceptors (Lipinski definition) is 4. The lowest BCUT2D eigenvalue weighted by Gasteiger charge is -2.27. The summed E-state index contributed by atoms with van der Waals surface area (Å²) in [6.45, 7) is 4.23. The summed E-state index contributed by atoms with van der Waals surface area (Å²) in [6.07, 6.45) is 1.97. The third-order valence-corrected chi connectivity index (χ3v) is 5.80. The van der Waals surface area contributed by atoms with Crippen LogP contribution in [0.4, 0.5) is 0 Å². The first-order valence-electron chi connectivity index (χ1n) is 9.80. The molecule has 0 aliphatic carbocycles. The van der Waals surface area contributed by atoms with Crippen molar-refractivity contribution in [1.29, 1.82) is 0 Å². The van der Waals surface area contributed by atoms with Gasteiger partial charge in [-0.15, -0.1) is 0 Å². The summed E-state index contributed by atoms with van der Waals surface area (Å²) in [4.78, 5) is 14.9. The Labute approximate surface area is 170 Å². The number of halogens is 1. The molecule has 1 fully saturated rings. The van der Waals surface area contributed by atoms with E-state index in [1.807, 2.05) is 54.3 Å². The zero-order valence-electron chi connectivity index (χ0n) is 16.0. The van der Waals surface area contributed by atoms with Gasteiger partial charge in [0.2, 0.25) is 5.91 Å². The highest BCUT2D eigenvalue weighted by molar-refractivity contribution is 6.31. The van der Waals surface area contributed by atoms with Gasteiger partial charge in [-0.2, -0.15) is 0 Å². The monoisotopic (exact) mass is 400 g/mol. The maximum absolute atomic E-state index is 12.9. The third kappa shape index (κ3) is 3.96. The van der Waals surface area contributed by atoms with E-state index in [0.717, 1.165) is 42.0 Å². The second-order valence-corrected chi connectivity index (χ2v) is 7.68. The molecule has 2 heterocycles. The Balaban J connectivity index is 1.42. The Morgan fingerprint density at radius 2 is 2.00 bits per heavy atom. The molecule has 2 aliphatic heterocycles. The van der Waals surface area contributed by atoms with Crippen LogP contribution in [0.25, 0.3) is 0 Å². The molecule has 2 aromatic carbocycles. The summed E-state index contributed by atoms with van der Waals surface area (Å²) in [5.74, 6) is 1.66. The minimum atomic E-state index is 0.00740. The fourth-order valence-electron chi connectivity index (χ4n) is 3.96. The number of likely N-dealkylation sites (tertiary alicyclic amines) is 1. The van der Waals surface area contributed by atoms with E-state index in [2.05, 4.69) is 5.32 Å². The van der Waals surface area contributed by atoms with Crippen molar-refractivity contribution in [1.82, 2.24) is 10.2 Å². The van der Waals surface area contributed by atoms with E-state index in [1.165, 1.54) is 0 Å². The van der Waals surface area contributed by atoms with Gasteiger partial charge in [0.15, 0.2) is 11.5 Å². The van der Waals surface area contributed by atoms with Gasteiger partial charge in [0.05, 0.1) is 12.6 Å². The number of benzene rings is 2. The normalized spacial score (nSPS) is 19.5. The zero-order chi connectivity index (χ0) is 19.5. The molecule has 0 aromatic heterocycles. The van der Waals surface area contributed by atoms with Gasteiger partial charge in [0, 0.05) is 17.6 Å². The Bertz CT molecular complexity index is 857. The lowest BCUT2D eigenvalue weighted by atomic mass is 10.0. The molecule has 5 nitrogen and oxygen atoms in total. The molecular weight excluding hydrogens is 376 g/mol. The standard InChI is InChI=1S/C22H25ClN2O3/c1-15(17-5-2-3-6-18(17)23)24-14-22(26)25-10-4-7-19(25)16-8-9-20-21(13-16)28-12-11-27-20/h2-3,5-6,8-9,13,15,19,24H,4,7,10-12,14H2,1H3. The smallest absolute Gasteiger partial charge is 0.237 e. The lowest BCUT2D eigenvalue weighted by Crippen LogP contribution is -2.38. The molecule has 1 N–H and O–H groups in total. The van der Waals surface area contributed by atoms with Crippen LogP contribution in [0.1, 0.15) is 43.0 Å². The highest BCUT2D eigenvalue weighted by Gasteiger charge is 2.30. The Morgan fingerprint density at radius 1 is 1.21 bits per heavy atom. The van der Waals surface area contributed by atoms with Crippen molar-refractivity contribution in [2.24, 2.45) is 0 Å². The van der Waals surface area contributed by atoms with Crippen LogP contribution in [-0.2, 0) is 4.79 Å². The van der Waals surface area contributed by atoms with Crippen molar-refractivity contribution < 1.29 is 14.3 Å². The number of carbonyl (C=O) groups is 1. The molecule has 148 valence electrons.